The second kappa shape index (κ2) is 7.24. The predicted molar refractivity (Wildman–Crippen MR) is 80.6 cm³/mol. The predicted octanol–water partition coefficient (Wildman–Crippen LogP) is 2.86. The van der Waals surface area contributed by atoms with Gasteiger partial charge in [0.15, 0.2) is 0 Å². The van der Waals surface area contributed by atoms with Crippen molar-refractivity contribution in [3.63, 3.8) is 0 Å². The molecule has 0 aromatic carbocycles. The second-order valence-corrected chi connectivity index (χ2v) is 5.05. The SMILES string of the molecule is CCNC(Cc1ccn(C(CC)CC)n1)c1ncc[nH]1. The molecule has 0 aliphatic heterocycles. The first-order valence-corrected chi connectivity index (χ1v) is 7.55. The van der Waals surface area contributed by atoms with Crippen molar-refractivity contribution in [2.24, 2.45) is 0 Å². The van der Waals surface area contributed by atoms with E-state index in [0.717, 1.165) is 37.3 Å². The Balaban J connectivity index is 2.07. The Bertz CT molecular complexity index is 484. The summed E-state index contributed by atoms with van der Waals surface area (Å²) in [5.41, 5.74) is 1.11. The van der Waals surface area contributed by atoms with E-state index in [-0.39, 0.29) is 6.04 Å². The fraction of sp³-hybridized carbons (Fsp3) is 0.600. The third-order valence-corrected chi connectivity index (χ3v) is 3.69. The highest BCUT2D eigenvalue weighted by atomic mass is 15.3. The minimum absolute atomic E-state index is 0.194. The summed E-state index contributed by atoms with van der Waals surface area (Å²) in [4.78, 5) is 7.54. The van der Waals surface area contributed by atoms with E-state index >= 15 is 0 Å². The normalized spacial score (nSPS) is 13.0. The summed E-state index contributed by atoms with van der Waals surface area (Å²) in [6, 6.07) is 2.82. The summed E-state index contributed by atoms with van der Waals surface area (Å²) in [7, 11) is 0. The van der Waals surface area contributed by atoms with Gasteiger partial charge in [0.25, 0.3) is 0 Å². The maximum absolute atomic E-state index is 4.72. The van der Waals surface area contributed by atoms with Crippen molar-refractivity contribution in [2.75, 3.05) is 6.54 Å². The maximum atomic E-state index is 4.72. The summed E-state index contributed by atoms with van der Waals surface area (Å²) in [6.07, 6.45) is 8.84. The van der Waals surface area contributed by atoms with E-state index in [1.54, 1.807) is 6.20 Å². The fourth-order valence-electron chi connectivity index (χ4n) is 2.54. The molecule has 1 unspecified atom stereocenters. The largest absolute Gasteiger partial charge is 0.347 e. The maximum Gasteiger partial charge on any atom is 0.123 e. The Morgan fingerprint density at radius 1 is 1.30 bits per heavy atom. The summed E-state index contributed by atoms with van der Waals surface area (Å²) in [5.74, 6) is 0.976. The van der Waals surface area contributed by atoms with Crippen molar-refractivity contribution in [3.05, 3.63) is 36.2 Å². The number of hydrogen-bond donors (Lipinski definition) is 2. The lowest BCUT2D eigenvalue weighted by Gasteiger charge is -2.15. The molecule has 2 aromatic heterocycles. The molecular weight excluding hydrogens is 250 g/mol. The Morgan fingerprint density at radius 3 is 2.70 bits per heavy atom. The van der Waals surface area contributed by atoms with Crippen LogP contribution in [-0.2, 0) is 6.42 Å². The highest BCUT2D eigenvalue weighted by molar-refractivity contribution is 5.07. The van der Waals surface area contributed by atoms with Crippen LogP contribution in [-0.4, -0.2) is 26.3 Å². The summed E-state index contributed by atoms with van der Waals surface area (Å²) >= 11 is 0. The molecule has 2 heterocycles. The molecular formula is C15H25N5. The minimum Gasteiger partial charge on any atom is -0.347 e. The number of likely N-dealkylation sites (N-methyl/N-ethyl adjacent to an activating group) is 1. The lowest BCUT2D eigenvalue weighted by Crippen LogP contribution is -2.24. The van der Waals surface area contributed by atoms with Crippen molar-refractivity contribution >= 4 is 0 Å². The van der Waals surface area contributed by atoms with Gasteiger partial charge in [0.2, 0.25) is 0 Å². The quantitative estimate of drug-likeness (QED) is 0.779. The second-order valence-electron chi connectivity index (χ2n) is 5.05. The summed E-state index contributed by atoms with van der Waals surface area (Å²) in [6.45, 7) is 7.44. The van der Waals surface area contributed by atoms with E-state index in [4.69, 9.17) is 5.10 Å². The van der Waals surface area contributed by atoms with E-state index in [1.165, 1.54) is 0 Å². The molecule has 5 heteroatoms. The molecule has 0 amide bonds. The van der Waals surface area contributed by atoms with Gasteiger partial charge in [0.1, 0.15) is 5.82 Å². The number of rotatable bonds is 8. The van der Waals surface area contributed by atoms with E-state index in [9.17, 15) is 0 Å². The van der Waals surface area contributed by atoms with Gasteiger partial charge in [-0.2, -0.15) is 5.10 Å². The van der Waals surface area contributed by atoms with Gasteiger partial charge in [-0.1, -0.05) is 20.8 Å². The molecule has 0 spiro atoms. The average Bonchev–Trinajstić information content (AvgIpc) is 3.11. The summed E-state index contributed by atoms with van der Waals surface area (Å²) < 4.78 is 2.10. The fourth-order valence-corrected chi connectivity index (χ4v) is 2.54. The zero-order valence-electron chi connectivity index (χ0n) is 12.6. The van der Waals surface area contributed by atoms with Crippen LogP contribution >= 0.6 is 0 Å². The third-order valence-electron chi connectivity index (χ3n) is 3.69. The van der Waals surface area contributed by atoms with Crippen molar-refractivity contribution in [1.82, 2.24) is 25.1 Å². The standard InChI is InChI=1S/C15H25N5/c1-4-13(5-2)20-10-7-12(19-20)11-14(16-6-3)15-17-8-9-18-15/h7-10,13-14,16H,4-6,11H2,1-3H3,(H,17,18). The Labute approximate surface area is 120 Å². The van der Waals surface area contributed by atoms with E-state index in [0.29, 0.717) is 6.04 Å². The van der Waals surface area contributed by atoms with Crippen molar-refractivity contribution in [1.29, 1.82) is 0 Å². The van der Waals surface area contributed by atoms with Gasteiger partial charge in [-0.15, -0.1) is 0 Å². The molecule has 5 nitrogen and oxygen atoms in total. The number of H-pyrrole nitrogens is 1. The van der Waals surface area contributed by atoms with Gasteiger partial charge in [0, 0.05) is 25.0 Å². The van der Waals surface area contributed by atoms with E-state index < -0.39 is 0 Å². The zero-order chi connectivity index (χ0) is 14.4. The molecule has 110 valence electrons. The van der Waals surface area contributed by atoms with Gasteiger partial charge >= 0.3 is 0 Å². The molecule has 2 rings (SSSR count). The van der Waals surface area contributed by atoms with Crippen LogP contribution in [0.3, 0.4) is 0 Å². The first-order chi connectivity index (χ1) is 9.78. The molecule has 0 saturated heterocycles. The lowest BCUT2D eigenvalue weighted by molar-refractivity contribution is 0.422. The van der Waals surface area contributed by atoms with Crippen LogP contribution in [0.2, 0.25) is 0 Å². The van der Waals surface area contributed by atoms with Crippen LogP contribution in [0.15, 0.2) is 24.7 Å². The Hall–Kier alpha value is -1.62. The Morgan fingerprint density at radius 2 is 2.10 bits per heavy atom. The molecule has 0 radical (unpaired) electrons. The highest BCUT2D eigenvalue weighted by Gasteiger charge is 2.16. The number of hydrogen-bond acceptors (Lipinski definition) is 3. The van der Waals surface area contributed by atoms with Gasteiger partial charge in [-0.25, -0.2) is 4.98 Å². The van der Waals surface area contributed by atoms with Crippen LogP contribution in [0.5, 0.6) is 0 Å². The average molecular weight is 275 g/mol. The molecule has 0 saturated carbocycles. The first kappa shape index (κ1) is 14.8. The monoisotopic (exact) mass is 275 g/mol. The van der Waals surface area contributed by atoms with Gasteiger partial charge in [-0.3, -0.25) is 4.68 Å². The lowest BCUT2D eigenvalue weighted by atomic mass is 10.1. The minimum atomic E-state index is 0.194. The molecule has 0 aliphatic rings. The van der Waals surface area contributed by atoms with Gasteiger partial charge in [-0.05, 0) is 25.5 Å². The molecule has 2 aromatic rings. The summed E-state index contributed by atoms with van der Waals surface area (Å²) in [5, 5.41) is 8.18. The number of imidazole rings is 1. The number of aromatic nitrogens is 4. The topological polar surface area (TPSA) is 58.5 Å². The van der Waals surface area contributed by atoms with E-state index in [1.807, 2.05) is 6.20 Å². The van der Waals surface area contributed by atoms with Crippen LogP contribution < -0.4 is 5.32 Å². The van der Waals surface area contributed by atoms with Crippen LogP contribution in [0.1, 0.15) is 57.2 Å². The van der Waals surface area contributed by atoms with E-state index in [2.05, 4.69) is 53.0 Å². The molecule has 0 aliphatic carbocycles. The zero-order valence-corrected chi connectivity index (χ0v) is 12.6. The number of nitrogens with zero attached hydrogens (tertiary/aromatic N) is 3. The van der Waals surface area contributed by atoms with Crippen molar-refractivity contribution in [3.8, 4) is 0 Å². The van der Waals surface area contributed by atoms with Crippen molar-refractivity contribution in [2.45, 2.75) is 52.1 Å². The smallest absolute Gasteiger partial charge is 0.123 e. The first-order valence-electron chi connectivity index (χ1n) is 7.55. The van der Waals surface area contributed by atoms with Crippen LogP contribution in [0.4, 0.5) is 0 Å². The highest BCUT2D eigenvalue weighted by Crippen LogP contribution is 2.17. The molecule has 20 heavy (non-hydrogen) atoms. The van der Waals surface area contributed by atoms with Crippen LogP contribution in [0.25, 0.3) is 0 Å². The Kier molecular flexibility index (Phi) is 5.35. The van der Waals surface area contributed by atoms with Gasteiger partial charge < -0.3 is 10.3 Å². The molecule has 1 atom stereocenters. The number of aromatic amines is 1. The third kappa shape index (κ3) is 3.48. The number of nitrogens with one attached hydrogen (secondary N) is 2. The molecule has 0 fully saturated rings. The van der Waals surface area contributed by atoms with Gasteiger partial charge in [0.05, 0.1) is 17.8 Å². The molecule has 0 bridgehead atoms. The van der Waals surface area contributed by atoms with Crippen molar-refractivity contribution < 1.29 is 0 Å². The van der Waals surface area contributed by atoms with Crippen LogP contribution in [0, 0.1) is 0 Å². The molecule has 2 N–H and O–H groups in total.